The van der Waals surface area contributed by atoms with Crippen LogP contribution in [-0.4, -0.2) is 0 Å². The molecule has 4 rings (SSSR count). The molecule has 0 N–H and O–H groups in total. The van der Waals surface area contributed by atoms with Crippen LogP contribution in [0.25, 0.3) is 21.9 Å². The SMILES string of the molecule is C=CCCc1ccc(-c2ccc3cc([C@H]4CC[C@H](CCCCCC)CC4)ccc3c2F)cc1. The van der Waals surface area contributed by atoms with Crippen LogP contribution in [0.2, 0.25) is 0 Å². The molecule has 0 heterocycles. The monoisotopic (exact) mass is 442 g/mol. The van der Waals surface area contributed by atoms with Gasteiger partial charge in [-0.2, -0.15) is 0 Å². The van der Waals surface area contributed by atoms with E-state index in [0.717, 1.165) is 35.1 Å². The van der Waals surface area contributed by atoms with Gasteiger partial charge in [0.25, 0.3) is 0 Å². The summed E-state index contributed by atoms with van der Waals surface area (Å²) in [5, 5.41) is 1.76. The highest BCUT2D eigenvalue weighted by Gasteiger charge is 2.22. The van der Waals surface area contributed by atoms with Gasteiger partial charge in [0.05, 0.1) is 0 Å². The lowest BCUT2D eigenvalue weighted by atomic mass is 9.76. The van der Waals surface area contributed by atoms with Gasteiger partial charge in [0.1, 0.15) is 5.82 Å². The van der Waals surface area contributed by atoms with Crippen LogP contribution in [0, 0.1) is 11.7 Å². The Hall–Kier alpha value is -2.41. The maximum absolute atomic E-state index is 15.4. The molecule has 1 saturated carbocycles. The minimum Gasteiger partial charge on any atom is -0.206 e. The minimum absolute atomic E-state index is 0.103. The fourth-order valence-corrected chi connectivity index (χ4v) is 5.55. The van der Waals surface area contributed by atoms with Gasteiger partial charge >= 0.3 is 0 Å². The van der Waals surface area contributed by atoms with Crippen LogP contribution in [0.1, 0.15) is 88.2 Å². The Morgan fingerprint density at radius 3 is 2.42 bits per heavy atom. The molecule has 0 radical (unpaired) electrons. The number of aryl methyl sites for hydroxylation is 1. The van der Waals surface area contributed by atoms with Gasteiger partial charge in [0.15, 0.2) is 0 Å². The molecule has 3 aromatic carbocycles. The summed E-state index contributed by atoms with van der Waals surface area (Å²) in [4.78, 5) is 0. The third-order valence-electron chi connectivity index (χ3n) is 7.66. The Kier molecular flexibility index (Phi) is 8.37. The molecule has 0 saturated heterocycles. The van der Waals surface area contributed by atoms with Crippen molar-refractivity contribution in [3.8, 4) is 11.1 Å². The van der Waals surface area contributed by atoms with Crippen LogP contribution in [0.15, 0.2) is 67.3 Å². The molecular weight excluding hydrogens is 403 g/mol. The standard InChI is InChI=1S/C32H39F/c1-3-5-7-8-10-25-11-15-26(16-12-25)28-19-21-31-29(23-28)20-22-30(32(31)33)27-17-13-24(14-18-27)9-6-4-2/h4,13-14,17-23,25-26H,2-3,5-12,15-16H2,1H3/t25-,26-. The number of allylic oxidation sites excluding steroid dienone is 1. The number of benzene rings is 3. The van der Waals surface area contributed by atoms with E-state index in [1.165, 1.54) is 68.9 Å². The third kappa shape index (κ3) is 5.94. The molecular formula is C32H39F. The lowest BCUT2D eigenvalue weighted by Crippen LogP contribution is -2.13. The van der Waals surface area contributed by atoms with E-state index >= 15 is 4.39 Å². The molecule has 3 aromatic rings. The van der Waals surface area contributed by atoms with Gasteiger partial charge < -0.3 is 0 Å². The summed E-state index contributed by atoms with van der Waals surface area (Å²) in [5.74, 6) is 1.45. The Balaban J connectivity index is 1.43. The van der Waals surface area contributed by atoms with E-state index in [2.05, 4.69) is 43.8 Å². The second-order valence-corrected chi connectivity index (χ2v) is 10.00. The van der Waals surface area contributed by atoms with Crippen LogP contribution < -0.4 is 0 Å². The molecule has 0 atom stereocenters. The zero-order chi connectivity index (χ0) is 23.0. The number of hydrogen-bond donors (Lipinski definition) is 0. The lowest BCUT2D eigenvalue weighted by molar-refractivity contribution is 0.302. The average molecular weight is 443 g/mol. The van der Waals surface area contributed by atoms with Crippen LogP contribution in [-0.2, 0) is 6.42 Å². The smallest absolute Gasteiger partial charge is 0.138 e. The van der Waals surface area contributed by atoms with Crippen LogP contribution >= 0.6 is 0 Å². The first-order valence-corrected chi connectivity index (χ1v) is 13.1. The normalized spacial score (nSPS) is 18.5. The van der Waals surface area contributed by atoms with Gasteiger partial charge in [-0.05, 0) is 72.4 Å². The summed E-state index contributed by atoms with van der Waals surface area (Å²) < 4.78 is 15.4. The van der Waals surface area contributed by atoms with Gasteiger partial charge in [-0.1, -0.05) is 99.7 Å². The quantitative estimate of drug-likeness (QED) is 0.216. The van der Waals surface area contributed by atoms with Crippen molar-refractivity contribution >= 4 is 10.8 Å². The van der Waals surface area contributed by atoms with E-state index in [9.17, 15) is 0 Å². The maximum Gasteiger partial charge on any atom is 0.138 e. The summed E-state index contributed by atoms with van der Waals surface area (Å²) >= 11 is 0. The fourth-order valence-electron chi connectivity index (χ4n) is 5.55. The van der Waals surface area contributed by atoms with Crippen molar-refractivity contribution in [2.75, 3.05) is 0 Å². The number of halogens is 1. The summed E-state index contributed by atoms with van der Waals surface area (Å²) in [6.07, 6.45) is 16.1. The van der Waals surface area contributed by atoms with Crippen LogP contribution in [0.3, 0.4) is 0 Å². The highest BCUT2D eigenvalue weighted by Crippen LogP contribution is 2.39. The molecule has 0 unspecified atom stereocenters. The van der Waals surface area contributed by atoms with Crippen molar-refractivity contribution in [1.82, 2.24) is 0 Å². The zero-order valence-corrected chi connectivity index (χ0v) is 20.3. The first-order valence-electron chi connectivity index (χ1n) is 13.1. The van der Waals surface area contributed by atoms with Crippen molar-refractivity contribution in [3.63, 3.8) is 0 Å². The number of unbranched alkanes of at least 4 members (excludes halogenated alkanes) is 3. The van der Waals surface area contributed by atoms with E-state index in [4.69, 9.17) is 0 Å². The Morgan fingerprint density at radius 1 is 0.909 bits per heavy atom. The highest BCUT2D eigenvalue weighted by atomic mass is 19.1. The average Bonchev–Trinajstić information content (AvgIpc) is 2.86. The lowest BCUT2D eigenvalue weighted by Gasteiger charge is -2.29. The summed E-state index contributed by atoms with van der Waals surface area (Å²) in [7, 11) is 0. The first-order chi connectivity index (χ1) is 16.2. The highest BCUT2D eigenvalue weighted by molar-refractivity contribution is 5.89. The number of rotatable bonds is 10. The van der Waals surface area contributed by atoms with Crippen molar-refractivity contribution in [2.45, 2.75) is 83.5 Å². The predicted octanol–water partition coefficient (Wildman–Crippen LogP) is 10.0. The van der Waals surface area contributed by atoms with Gasteiger partial charge in [0, 0.05) is 10.9 Å². The molecule has 0 spiro atoms. The predicted molar refractivity (Wildman–Crippen MR) is 141 cm³/mol. The topological polar surface area (TPSA) is 0 Å². The molecule has 1 aliphatic carbocycles. The summed E-state index contributed by atoms with van der Waals surface area (Å²) in [6.45, 7) is 6.07. The van der Waals surface area contributed by atoms with Crippen molar-refractivity contribution in [1.29, 1.82) is 0 Å². The first kappa shape index (κ1) is 23.7. The summed E-state index contributed by atoms with van der Waals surface area (Å²) in [6, 6.07) is 18.8. The van der Waals surface area contributed by atoms with E-state index in [1.807, 2.05) is 30.3 Å². The molecule has 0 aromatic heterocycles. The molecule has 1 fully saturated rings. The van der Waals surface area contributed by atoms with Gasteiger partial charge in [0.2, 0.25) is 0 Å². The molecule has 1 heteroatoms. The van der Waals surface area contributed by atoms with Crippen LogP contribution in [0.5, 0.6) is 0 Å². The van der Waals surface area contributed by atoms with E-state index < -0.39 is 0 Å². The third-order valence-corrected chi connectivity index (χ3v) is 7.66. The largest absolute Gasteiger partial charge is 0.206 e. The Labute approximate surface area is 199 Å². The Bertz CT molecular complexity index is 1040. The van der Waals surface area contributed by atoms with Crippen molar-refractivity contribution < 1.29 is 4.39 Å². The van der Waals surface area contributed by atoms with E-state index in [-0.39, 0.29) is 5.82 Å². The fraction of sp³-hybridized carbons (Fsp3) is 0.438. The van der Waals surface area contributed by atoms with E-state index in [0.29, 0.717) is 11.5 Å². The van der Waals surface area contributed by atoms with Crippen molar-refractivity contribution in [2.24, 2.45) is 5.92 Å². The molecule has 0 aliphatic heterocycles. The van der Waals surface area contributed by atoms with E-state index in [1.54, 1.807) is 0 Å². The zero-order valence-electron chi connectivity index (χ0n) is 20.3. The molecule has 0 amide bonds. The van der Waals surface area contributed by atoms with Gasteiger partial charge in [-0.25, -0.2) is 4.39 Å². The number of fused-ring (bicyclic) bond motifs is 1. The minimum atomic E-state index is -0.103. The van der Waals surface area contributed by atoms with Crippen LogP contribution in [0.4, 0.5) is 4.39 Å². The van der Waals surface area contributed by atoms with Gasteiger partial charge in [-0.3, -0.25) is 0 Å². The Morgan fingerprint density at radius 2 is 1.70 bits per heavy atom. The maximum atomic E-state index is 15.4. The number of hydrogen-bond acceptors (Lipinski definition) is 0. The molecule has 0 nitrogen and oxygen atoms in total. The van der Waals surface area contributed by atoms with Gasteiger partial charge in [-0.15, -0.1) is 6.58 Å². The molecule has 33 heavy (non-hydrogen) atoms. The summed E-state index contributed by atoms with van der Waals surface area (Å²) in [5.41, 5.74) is 4.29. The second kappa shape index (κ2) is 11.6. The molecule has 174 valence electrons. The second-order valence-electron chi connectivity index (χ2n) is 10.00. The molecule has 1 aliphatic rings. The van der Waals surface area contributed by atoms with Crippen molar-refractivity contribution in [3.05, 3.63) is 84.2 Å². The molecule has 0 bridgehead atoms.